The number of phenolic OH excluding ortho intramolecular Hbond substituents is 2. The van der Waals surface area contributed by atoms with Gasteiger partial charge in [-0.1, -0.05) is 11.8 Å². The van der Waals surface area contributed by atoms with Crippen LogP contribution in [0.25, 0.3) is 11.0 Å². The molecule has 0 radical (unpaired) electrons. The van der Waals surface area contributed by atoms with E-state index in [9.17, 15) is 19.8 Å². The van der Waals surface area contributed by atoms with Crippen LogP contribution < -0.4 is 5.56 Å². The second-order valence-electron chi connectivity index (χ2n) is 5.57. The molecule has 0 saturated heterocycles. The van der Waals surface area contributed by atoms with Crippen molar-refractivity contribution in [2.24, 2.45) is 0 Å². The molecule has 3 N–H and O–H groups in total. The number of phenols is 2. The second kappa shape index (κ2) is 6.56. The Morgan fingerprint density at radius 2 is 1.92 bits per heavy atom. The molecule has 1 aromatic carbocycles. The minimum absolute atomic E-state index is 0.0173. The summed E-state index contributed by atoms with van der Waals surface area (Å²) in [4.78, 5) is 35.7. The fourth-order valence-corrected chi connectivity index (χ4v) is 3.20. The average Bonchev–Trinajstić information content (AvgIpc) is 2.54. The van der Waals surface area contributed by atoms with Gasteiger partial charge in [-0.25, -0.2) is 9.97 Å². The van der Waals surface area contributed by atoms with Crippen molar-refractivity contribution in [3.05, 3.63) is 51.4 Å². The van der Waals surface area contributed by atoms with Gasteiger partial charge in [0.05, 0.1) is 11.1 Å². The van der Waals surface area contributed by atoms with Gasteiger partial charge in [0.25, 0.3) is 5.56 Å². The summed E-state index contributed by atoms with van der Waals surface area (Å²) in [5, 5.41) is 19.5. The van der Waals surface area contributed by atoms with E-state index in [0.717, 1.165) is 23.0 Å². The maximum Gasteiger partial charge on any atom is 0.261 e. The van der Waals surface area contributed by atoms with Crippen LogP contribution in [0.15, 0.2) is 34.2 Å². The first-order valence-corrected chi connectivity index (χ1v) is 8.40. The Morgan fingerprint density at radius 1 is 1.16 bits per heavy atom. The SMILES string of the molecule is Cc1cc(C)c2c(=O)[nH]c(SCC(=O)c3ccc(O)c(O)c3)nc2n1. The molecule has 0 bridgehead atoms. The van der Waals surface area contributed by atoms with Gasteiger partial charge in [-0.3, -0.25) is 9.59 Å². The lowest BCUT2D eigenvalue weighted by Crippen LogP contribution is -2.13. The highest BCUT2D eigenvalue weighted by Gasteiger charge is 2.13. The molecular weight excluding hydrogens is 342 g/mol. The smallest absolute Gasteiger partial charge is 0.261 e. The van der Waals surface area contributed by atoms with Crippen molar-refractivity contribution >= 4 is 28.6 Å². The molecule has 0 aliphatic rings. The molecule has 0 atom stereocenters. The number of rotatable bonds is 4. The van der Waals surface area contributed by atoms with Crippen molar-refractivity contribution in [3.8, 4) is 11.5 Å². The summed E-state index contributed by atoms with van der Waals surface area (Å²) < 4.78 is 0. The number of carbonyl (C=O) groups is 1. The van der Waals surface area contributed by atoms with Gasteiger partial charge in [-0.15, -0.1) is 0 Å². The number of ketones is 1. The Morgan fingerprint density at radius 3 is 2.64 bits per heavy atom. The zero-order valence-electron chi connectivity index (χ0n) is 13.5. The predicted octanol–water partition coefficient (Wildman–Crippen LogP) is 2.32. The van der Waals surface area contributed by atoms with Gasteiger partial charge in [-0.05, 0) is 43.7 Å². The number of aromatic hydroxyl groups is 2. The van der Waals surface area contributed by atoms with Crippen LogP contribution in [0.1, 0.15) is 21.6 Å². The van der Waals surface area contributed by atoms with Crippen LogP contribution in [0.4, 0.5) is 0 Å². The Hall–Kier alpha value is -2.87. The molecule has 3 aromatic rings. The van der Waals surface area contributed by atoms with E-state index in [-0.39, 0.29) is 34.2 Å². The molecule has 7 nitrogen and oxygen atoms in total. The lowest BCUT2D eigenvalue weighted by molar-refractivity contribution is 0.102. The van der Waals surface area contributed by atoms with E-state index in [4.69, 9.17) is 0 Å². The van der Waals surface area contributed by atoms with Crippen molar-refractivity contribution in [2.45, 2.75) is 19.0 Å². The van der Waals surface area contributed by atoms with Gasteiger partial charge in [0, 0.05) is 11.3 Å². The highest BCUT2D eigenvalue weighted by molar-refractivity contribution is 7.99. The number of hydrogen-bond acceptors (Lipinski definition) is 7. The molecular formula is C17H15N3O4S. The zero-order chi connectivity index (χ0) is 18.1. The minimum atomic E-state index is -0.358. The largest absolute Gasteiger partial charge is 0.504 e. The summed E-state index contributed by atoms with van der Waals surface area (Å²) in [7, 11) is 0. The monoisotopic (exact) mass is 357 g/mol. The average molecular weight is 357 g/mol. The quantitative estimate of drug-likeness (QED) is 0.284. The Kier molecular flexibility index (Phi) is 4.45. The number of benzene rings is 1. The number of fused-ring (bicyclic) bond motifs is 1. The molecule has 0 saturated carbocycles. The maximum absolute atomic E-state index is 12.2. The third-order valence-corrected chi connectivity index (χ3v) is 4.49. The zero-order valence-corrected chi connectivity index (χ0v) is 14.3. The number of aromatic amines is 1. The second-order valence-corrected chi connectivity index (χ2v) is 6.53. The first-order chi connectivity index (χ1) is 11.8. The highest BCUT2D eigenvalue weighted by atomic mass is 32.2. The summed E-state index contributed by atoms with van der Waals surface area (Å²) in [6.45, 7) is 3.64. The highest BCUT2D eigenvalue weighted by Crippen LogP contribution is 2.26. The number of hydrogen-bond donors (Lipinski definition) is 3. The molecule has 3 rings (SSSR count). The maximum atomic E-state index is 12.2. The van der Waals surface area contributed by atoms with E-state index >= 15 is 0 Å². The number of nitrogens with one attached hydrogen (secondary N) is 1. The molecule has 0 aliphatic heterocycles. The number of Topliss-reactive ketones (excluding diaryl/α,β-unsaturated/α-hetero) is 1. The topological polar surface area (TPSA) is 116 Å². The van der Waals surface area contributed by atoms with Crippen LogP contribution in [0.5, 0.6) is 11.5 Å². The molecule has 2 aromatic heterocycles. The number of carbonyl (C=O) groups excluding carboxylic acids is 1. The number of H-pyrrole nitrogens is 1. The van der Waals surface area contributed by atoms with E-state index in [1.54, 1.807) is 0 Å². The summed E-state index contributed by atoms with van der Waals surface area (Å²) in [5.41, 5.74) is 1.86. The fourth-order valence-electron chi connectivity index (χ4n) is 2.44. The normalized spacial score (nSPS) is 11.0. The third kappa shape index (κ3) is 3.48. The molecule has 2 heterocycles. The van der Waals surface area contributed by atoms with Gasteiger partial charge in [-0.2, -0.15) is 0 Å². The van der Waals surface area contributed by atoms with E-state index < -0.39 is 0 Å². The first kappa shape index (κ1) is 17.0. The van der Waals surface area contributed by atoms with Gasteiger partial charge >= 0.3 is 0 Å². The third-order valence-electron chi connectivity index (χ3n) is 3.62. The van der Waals surface area contributed by atoms with Gasteiger partial charge in [0.1, 0.15) is 0 Å². The van der Waals surface area contributed by atoms with Gasteiger partial charge < -0.3 is 15.2 Å². The van der Waals surface area contributed by atoms with E-state index in [0.29, 0.717) is 16.2 Å². The van der Waals surface area contributed by atoms with E-state index in [2.05, 4.69) is 15.0 Å². The van der Waals surface area contributed by atoms with Crippen LogP contribution in [0, 0.1) is 13.8 Å². The van der Waals surface area contributed by atoms with Crippen molar-refractivity contribution in [2.75, 3.05) is 5.75 Å². The fraction of sp³-hybridized carbons (Fsp3) is 0.176. The van der Waals surface area contributed by atoms with Crippen LogP contribution >= 0.6 is 11.8 Å². The van der Waals surface area contributed by atoms with Crippen molar-refractivity contribution in [1.29, 1.82) is 0 Å². The molecule has 0 unspecified atom stereocenters. The Labute approximate surface area is 146 Å². The van der Waals surface area contributed by atoms with Crippen LogP contribution in [0.3, 0.4) is 0 Å². The summed E-state index contributed by atoms with van der Waals surface area (Å²) in [6.07, 6.45) is 0. The Balaban J connectivity index is 1.84. The molecule has 0 aliphatic carbocycles. The molecule has 8 heteroatoms. The van der Waals surface area contributed by atoms with Crippen molar-refractivity contribution < 1.29 is 15.0 Å². The standard InChI is InChI=1S/C17H15N3O4S/c1-8-5-9(2)18-15-14(8)16(24)20-17(19-15)25-7-13(23)10-3-4-11(21)12(22)6-10/h3-6,21-22H,7H2,1-2H3,(H,18,19,20,24). The number of pyridine rings is 1. The first-order valence-electron chi connectivity index (χ1n) is 7.41. The van der Waals surface area contributed by atoms with Crippen LogP contribution in [0.2, 0.25) is 0 Å². The number of nitrogens with zero attached hydrogens (tertiary/aromatic N) is 2. The molecule has 25 heavy (non-hydrogen) atoms. The van der Waals surface area contributed by atoms with Crippen LogP contribution in [-0.2, 0) is 0 Å². The molecule has 0 spiro atoms. The molecule has 0 amide bonds. The number of thioether (sulfide) groups is 1. The number of aryl methyl sites for hydroxylation is 2. The lowest BCUT2D eigenvalue weighted by atomic mass is 10.1. The molecule has 128 valence electrons. The summed E-state index contributed by atoms with van der Waals surface area (Å²) >= 11 is 1.07. The lowest BCUT2D eigenvalue weighted by Gasteiger charge is -2.05. The van der Waals surface area contributed by atoms with Crippen molar-refractivity contribution in [1.82, 2.24) is 15.0 Å². The van der Waals surface area contributed by atoms with Crippen LogP contribution in [-0.4, -0.2) is 36.7 Å². The number of aromatic nitrogens is 3. The minimum Gasteiger partial charge on any atom is -0.504 e. The van der Waals surface area contributed by atoms with Gasteiger partial charge in [0.2, 0.25) is 0 Å². The predicted molar refractivity (Wildman–Crippen MR) is 94.5 cm³/mol. The summed E-state index contributed by atoms with van der Waals surface area (Å²) in [6, 6.07) is 5.68. The molecule has 0 fully saturated rings. The van der Waals surface area contributed by atoms with Crippen molar-refractivity contribution in [3.63, 3.8) is 0 Å². The van der Waals surface area contributed by atoms with E-state index in [1.165, 1.54) is 18.2 Å². The summed E-state index contributed by atoms with van der Waals surface area (Å²) in [5.74, 6) is -0.898. The van der Waals surface area contributed by atoms with E-state index in [1.807, 2.05) is 19.9 Å². The van der Waals surface area contributed by atoms with Gasteiger partial charge in [0.15, 0.2) is 28.1 Å². The Bertz CT molecular complexity index is 1050.